The molecule has 7 nitrogen and oxygen atoms in total. The Morgan fingerprint density at radius 3 is 1.58 bits per heavy atom. The molecule has 5 heterocycles. The number of aromatic nitrogens is 7. The van der Waals surface area contributed by atoms with E-state index in [1.807, 2.05) is 0 Å². The van der Waals surface area contributed by atoms with Crippen LogP contribution < -0.4 is 0 Å². The maximum atomic E-state index is 5.43. The molecule has 0 bridgehead atoms. The van der Waals surface area contributed by atoms with Crippen molar-refractivity contribution in [1.82, 2.24) is 32.6 Å². The minimum Gasteiger partial charge on any atom is -0.309 e. The highest BCUT2D eigenvalue weighted by molar-refractivity contribution is 6.19. The number of para-hydroxylation sites is 9. The summed E-state index contributed by atoms with van der Waals surface area (Å²) in [6, 6.07) is 63.2. The van der Waals surface area contributed by atoms with Crippen molar-refractivity contribution in [3.8, 4) is 23.0 Å². The molecule has 0 saturated heterocycles. The Hall–Kier alpha value is -7.90. The van der Waals surface area contributed by atoms with Gasteiger partial charge in [-0.3, -0.25) is 18.1 Å². The second-order valence-corrected chi connectivity index (χ2v) is 15.6. The summed E-state index contributed by atoms with van der Waals surface area (Å²) in [6.45, 7) is 4.39. The minimum atomic E-state index is 0.870. The van der Waals surface area contributed by atoms with Crippen LogP contribution >= 0.6 is 0 Å². The molecule has 0 amide bonds. The molecule has 0 N–H and O–H groups in total. The van der Waals surface area contributed by atoms with E-state index in [1.165, 1.54) is 32.7 Å². The van der Waals surface area contributed by atoms with E-state index in [0.717, 1.165) is 84.0 Å². The second-order valence-electron chi connectivity index (χ2n) is 15.6. The fourth-order valence-electron chi connectivity index (χ4n) is 9.84. The molecule has 0 fully saturated rings. The molecule has 0 radical (unpaired) electrons. The fourth-order valence-corrected chi connectivity index (χ4v) is 9.84. The lowest BCUT2D eigenvalue weighted by atomic mass is 10.1. The predicted molar refractivity (Wildman–Crippen MR) is 242 cm³/mol. The van der Waals surface area contributed by atoms with Gasteiger partial charge in [0.1, 0.15) is 0 Å². The van der Waals surface area contributed by atoms with E-state index >= 15 is 0 Å². The molecule has 0 spiro atoms. The third kappa shape index (κ3) is 4.36. The average molecular weight is 758 g/mol. The zero-order chi connectivity index (χ0) is 38.9. The van der Waals surface area contributed by atoms with Crippen LogP contribution in [0.1, 0.15) is 11.1 Å². The fraction of sp³-hybridized carbons (Fsp3) is 0.0385. The molecule has 0 atom stereocenters. The Labute approximate surface area is 337 Å². The minimum absolute atomic E-state index is 0.870. The third-order valence-electron chi connectivity index (χ3n) is 12.3. The van der Waals surface area contributed by atoms with Crippen LogP contribution in [-0.2, 0) is 0 Å². The van der Waals surface area contributed by atoms with E-state index in [9.17, 15) is 0 Å². The van der Waals surface area contributed by atoms with Crippen LogP contribution in [0.5, 0.6) is 0 Å². The van der Waals surface area contributed by atoms with E-state index in [-0.39, 0.29) is 0 Å². The summed E-state index contributed by atoms with van der Waals surface area (Å²) in [7, 11) is 0. The summed E-state index contributed by atoms with van der Waals surface area (Å²) in [5, 5.41) is 4.80. The van der Waals surface area contributed by atoms with E-state index in [1.54, 1.807) is 0 Å². The van der Waals surface area contributed by atoms with Crippen molar-refractivity contribution in [2.75, 3.05) is 0 Å². The molecular weight excluding hydrogens is 723 g/mol. The van der Waals surface area contributed by atoms with Crippen LogP contribution in [0.25, 0.3) is 106 Å². The van der Waals surface area contributed by atoms with E-state index < -0.39 is 0 Å². The molecule has 8 aromatic carbocycles. The Balaban J connectivity index is 1.12. The number of hydrogen-bond acceptors (Lipinski definition) is 2. The lowest BCUT2D eigenvalue weighted by Crippen LogP contribution is -2.08. The number of aryl methyl sites for hydroxylation is 2. The topological polar surface area (TPSA) is 49.9 Å². The van der Waals surface area contributed by atoms with Gasteiger partial charge in [-0.15, -0.1) is 0 Å². The maximum Gasteiger partial charge on any atom is 0.220 e. The molecule has 59 heavy (non-hydrogen) atoms. The summed E-state index contributed by atoms with van der Waals surface area (Å²) in [4.78, 5) is 10.6. The second kappa shape index (κ2) is 11.8. The number of nitrogens with zero attached hydrogens (tertiary/aromatic N) is 7. The Bertz CT molecular complexity index is 3860. The first kappa shape index (κ1) is 32.2. The van der Waals surface area contributed by atoms with Crippen molar-refractivity contribution in [2.24, 2.45) is 0 Å². The number of benzene rings is 8. The summed E-state index contributed by atoms with van der Waals surface area (Å²) >= 11 is 0. The Morgan fingerprint density at radius 1 is 0.339 bits per heavy atom. The molecule has 0 saturated carbocycles. The van der Waals surface area contributed by atoms with Gasteiger partial charge in [0.05, 0.1) is 66.5 Å². The van der Waals surface area contributed by atoms with E-state index in [0.29, 0.717) is 0 Å². The molecule has 5 aromatic heterocycles. The van der Waals surface area contributed by atoms with Crippen LogP contribution in [0.4, 0.5) is 0 Å². The summed E-state index contributed by atoms with van der Waals surface area (Å²) in [6.07, 6.45) is 0. The molecule has 278 valence electrons. The van der Waals surface area contributed by atoms with Crippen molar-refractivity contribution >= 4 is 82.5 Å². The zero-order valence-corrected chi connectivity index (χ0v) is 32.4. The monoisotopic (exact) mass is 757 g/mol. The molecule has 0 aliphatic carbocycles. The van der Waals surface area contributed by atoms with Gasteiger partial charge in [-0.25, -0.2) is 9.97 Å². The van der Waals surface area contributed by atoms with Crippen molar-refractivity contribution < 1.29 is 0 Å². The van der Waals surface area contributed by atoms with Crippen molar-refractivity contribution in [1.29, 1.82) is 0 Å². The van der Waals surface area contributed by atoms with E-state index in [4.69, 9.17) is 9.97 Å². The van der Waals surface area contributed by atoms with Gasteiger partial charge >= 0.3 is 0 Å². The lowest BCUT2D eigenvalue weighted by Gasteiger charge is -2.17. The number of fused-ring (bicyclic) bond motifs is 12. The van der Waals surface area contributed by atoms with Crippen LogP contribution in [0.3, 0.4) is 0 Å². The van der Waals surface area contributed by atoms with E-state index in [2.05, 4.69) is 212 Å². The van der Waals surface area contributed by atoms with Gasteiger partial charge in [0.15, 0.2) is 0 Å². The molecule has 0 unspecified atom stereocenters. The van der Waals surface area contributed by atoms with Gasteiger partial charge in [0.2, 0.25) is 11.7 Å². The van der Waals surface area contributed by atoms with Gasteiger partial charge in [-0.2, -0.15) is 0 Å². The average Bonchev–Trinajstić information content (AvgIpc) is 4.06. The molecule has 0 aliphatic heterocycles. The third-order valence-corrected chi connectivity index (χ3v) is 12.3. The Morgan fingerprint density at radius 2 is 0.864 bits per heavy atom. The number of imidazole rings is 3. The zero-order valence-electron chi connectivity index (χ0n) is 32.4. The first-order valence-electron chi connectivity index (χ1n) is 20.1. The summed E-state index contributed by atoms with van der Waals surface area (Å²) < 4.78 is 11.7. The van der Waals surface area contributed by atoms with Crippen molar-refractivity contribution in [3.05, 3.63) is 187 Å². The smallest absolute Gasteiger partial charge is 0.220 e. The summed E-state index contributed by atoms with van der Waals surface area (Å²) in [5.41, 5.74) is 16.5. The summed E-state index contributed by atoms with van der Waals surface area (Å²) in [5.74, 6) is 1.76. The van der Waals surface area contributed by atoms with Gasteiger partial charge in [0.25, 0.3) is 0 Å². The highest BCUT2D eigenvalue weighted by Gasteiger charge is 2.24. The molecule has 13 rings (SSSR count). The van der Waals surface area contributed by atoms with Crippen molar-refractivity contribution in [3.63, 3.8) is 0 Å². The van der Waals surface area contributed by atoms with Crippen LogP contribution in [-0.4, -0.2) is 32.6 Å². The highest BCUT2D eigenvalue weighted by atomic mass is 15.3. The number of rotatable bonds is 4. The molecular formula is C52H35N7. The largest absolute Gasteiger partial charge is 0.309 e. The van der Waals surface area contributed by atoms with Crippen LogP contribution in [0.2, 0.25) is 0 Å². The maximum absolute atomic E-state index is 5.43. The van der Waals surface area contributed by atoms with Crippen LogP contribution in [0, 0.1) is 13.8 Å². The first-order valence-corrected chi connectivity index (χ1v) is 20.1. The van der Waals surface area contributed by atoms with Crippen molar-refractivity contribution in [2.45, 2.75) is 13.8 Å². The van der Waals surface area contributed by atoms with Gasteiger partial charge < -0.3 is 4.57 Å². The molecule has 7 heteroatoms. The van der Waals surface area contributed by atoms with Gasteiger partial charge in [-0.05, 0) is 104 Å². The SMILES string of the molecule is Cc1cccc(C)c1-n1c(-n2c3ccccc3c3cc4c5ccccc5n(-c5cccc(-n6c7ccccc7n7c8ccccc8nc67)c5)c4cc32)nc2ccccc21. The quantitative estimate of drug-likeness (QED) is 0.179. The lowest BCUT2D eigenvalue weighted by molar-refractivity contribution is 0.942. The van der Waals surface area contributed by atoms with Crippen LogP contribution in [0.15, 0.2) is 176 Å². The standard InChI is InChI=1S/C52H35N7/c1-32-15-13-16-33(2)50(32)59-45-26-10-6-22-41(45)54-52(59)57-43-24-8-4-20-37(43)39-30-38-36-19-3-7-23-42(36)55(48(38)31-49(39)57)34-17-14-18-35(29-34)56-46-27-11-12-28-47(46)58-44-25-9-5-21-40(44)53-51(56)58/h3-31H,1-2H3. The Kier molecular flexibility index (Phi) is 6.45. The van der Waals surface area contributed by atoms with Gasteiger partial charge in [0, 0.05) is 27.2 Å². The molecule has 13 aromatic rings. The predicted octanol–water partition coefficient (Wildman–Crippen LogP) is 12.6. The first-order chi connectivity index (χ1) is 29.1. The normalized spacial score (nSPS) is 12.2. The number of hydrogen-bond donors (Lipinski definition) is 0. The highest BCUT2D eigenvalue weighted by Crippen LogP contribution is 2.41. The van der Waals surface area contributed by atoms with Gasteiger partial charge in [-0.1, -0.05) is 97.1 Å². The molecule has 0 aliphatic rings.